The third kappa shape index (κ3) is 5.34. The average molecular weight is 278 g/mol. The van der Waals surface area contributed by atoms with E-state index >= 15 is 0 Å². The van der Waals surface area contributed by atoms with E-state index < -0.39 is 11.7 Å². The Labute approximate surface area is 109 Å². The summed E-state index contributed by atoms with van der Waals surface area (Å²) in [6, 6.07) is 1.85. The number of pyridine rings is 1. The first-order valence-electron chi connectivity index (χ1n) is 5.92. The Morgan fingerprint density at radius 2 is 2.00 bits per heavy atom. The number of hydrogen-bond acceptors (Lipinski definition) is 4. The van der Waals surface area contributed by atoms with Gasteiger partial charge in [-0.2, -0.15) is 18.2 Å². The van der Waals surface area contributed by atoms with Crippen molar-refractivity contribution in [3.05, 3.63) is 17.7 Å². The smallest absolute Gasteiger partial charge is 0.416 e. The highest BCUT2D eigenvalue weighted by molar-refractivity contribution is 5.42. The molecular formula is C12H17F3N2O2. The van der Waals surface area contributed by atoms with Gasteiger partial charge in [-0.05, 0) is 12.5 Å². The van der Waals surface area contributed by atoms with Crippen LogP contribution >= 0.6 is 0 Å². The molecule has 0 aliphatic heterocycles. The monoisotopic (exact) mass is 278 g/mol. The Kier molecular flexibility index (Phi) is 5.88. The Bertz CT molecular complexity index is 397. The molecule has 0 aliphatic rings. The molecule has 0 atom stereocenters. The molecule has 1 N–H and O–H groups in total. The number of hydrogen-bond donors (Lipinski definition) is 1. The van der Waals surface area contributed by atoms with Crippen LogP contribution in [0.15, 0.2) is 12.1 Å². The summed E-state index contributed by atoms with van der Waals surface area (Å²) in [6.45, 7) is 2.90. The second-order valence-electron chi connectivity index (χ2n) is 3.85. The molecule has 0 spiro atoms. The maximum atomic E-state index is 12.7. The van der Waals surface area contributed by atoms with Gasteiger partial charge in [0, 0.05) is 19.7 Å². The molecule has 0 amide bonds. The van der Waals surface area contributed by atoms with Gasteiger partial charge in [-0.15, -0.1) is 0 Å². The summed E-state index contributed by atoms with van der Waals surface area (Å²) in [5.41, 5.74) is -0.784. The summed E-state index contributed by atoms with van der Waals surface area (Å²) in [5.74, 6) is 0.0922. The lowest BCUT2D eigenvalue weighted by molar-refractivity contribution is -0.137. The highest BCUT2D eigenvalue weighted by Crippen LogP contribution is 2.32. The number of aromatic nitrogens is 1. The van der Waals surface area contributed by atoms with Crippen molar-refractivity contribution in [2.24, 2.45) is 0 Å². The Morgan fingerprint density at radius 1 is 1.26 bits per heavy atom. The topological polar surface area (TPSA) is 43.4 Å². The molecule has 7 heteroatoms. The lowest BCUT2D eigenvalue weighted by atomic mass is 10.2. The van der Waals surface area contributed by atoms with Gasteiger partial charge in [0.15, 0.2) is 0 Å². The highest BCUT2D eigenvalue weighted by Gasteiger charge is 2.32. The fourth-order valence-corrected chi connectivity index (χ4v) is 1.32. The molecule has 1 rings (SSSR count). The minimum absolute atomic E-state index is 0.0644. The van der Waals surface area contributed by atoms with Crippen molar-refractivity contribution >= 4 is 5.82 Å². The van der Waals surface area contributed by atoms with E-state index in [0.717, 1.165) is 18.6 Å². The van der Waals surface area contributed by atoms with E-state index in [2.05, 4.69) is 10.3 Å². The number of nitrogens with zero attached hydrogens (tertiary/aromatic N) is 1. The Morgan fingerprint density at radius 3 is 2.58 bits per heavy atom. The van der Waals surface area contributed by atoms with Crippen molar-refractivity contribution in [3.8, 4) is 5.88 Å². The Hall–Kier alpha value is -1.50. The predicted molar refractivity (Wildman–Crippen MR) is 65.4 cm³/mol. The van der Waals surface area contributed by atoms with Crippen LogP contribution in [0.1, 0.15) is 18.9 Å². The maximum Gasteiger partial charge on any atom is 0.416 e. The number of rotatable bonds is 7. The Balaban J connectivity index is 2.89. The molecule has 108 valence electrons. The second kappa shape index (κ2) is 7.18. The van der Waals surface area contributed by atoms with Crippen LogP contribution < -0.4 is 10.1 Å². The van der Waals surface area contributed by atoms with Crippen molar-refractivity contribution < 1.29 is 22.6 Å². The van der Waals surface area contributed by atoms with Gasteiger partial charge in [-0.3, -0.25) is 0 Å². The zero-order valence-electron chi connectivity index (χ0n) is 10.9. The van der Waals surface area contributed by atoms with Crippen LogP contribution in [0.3, 0.4) is 0 Å². The molecule has 0 aromatic carbocycles. The summed E-state index contributed by atoms with van der Waals surface area (Å²) in [5, 5.41) is 2.82. The first kappa shape index (κ1) is 15.6. The van der Waals surface area contributed by atoms with E-state index in [9.17, 15) is 13.2 Å². The van der Waals surface area contributed by atoms with Gasteiger partial charge in [-0.25, -0.2) is 0 Å². The van der Waals surface area contributed by atoms with Gasteiger partial charge in [0.2, 0.25) is 5.88 Å². The van der Waals surface area contributed by atoms with Crippen molar-refractivity contribution in [1.29, 1.82) is 0 Å². The lowest BCUT2D eigenvalue weighted by Crippen LogP contribution is -2.11. The quantitative estimate of drug-likeness (QED) is 0.779. The van der Waals surface area contributed by atoms with E-state index in [0.29, 0.717) is 6.54 Å². The number of nitrogens with one attached hydrogen (secondary N) is 1. The molecule has 0 aliphatic carbocycles. The third-order valence-corrected chi connectivity index (χ3v) is 2.22. The predicted octanol–water partition coefficient (Wildman–Crippen LogP) is 2.95. The third-order valence-electron chi connectivity index (χ3n) is 2.22. The minimum atomic E-state index is -4.43. The van der Waals surface area contributed by atoms with E-state index in [1.165, 1.54) is 7.11 Å². The molecule has 1 heterocycles. The zero-order valence-corrected chi connectivity index (χ0v) is 10.9. The van der Waals surface area contributed by atoms with Crippen LogP contribution in [0.2, 0.25) is 0 Å². The maximum absolute atomic E-state index is 12.7. The molecule has 0 radical (unpaired) electrons. The highest BCUT2D eigenvalue weighted by atomic mass is 19.4. The van der Waals surface area contributed by atoms with Crippen LogP contribution in [0.5, 0.6) is 5.88 Å². The van der Waals surface area contributed by atoms with Crippen LogP contribution in [0.4, 0.5) is 19.0 Å². The van der Waals surface area contributed by atoms with Gasteiger partial charge >= 0.3 is 6.18 Å². The number of methoxy groups -OCH3 is 1. The molecule has 0 fully saturated rings. The fraction of sp³-hybridized carbons (Fsp3) is 0.583. The van der Waals surface area contributed by atoms with Crippen LogP contribution in [-0.2, 0) is 10.9 Å². The van der Waals surface area contributed by atoms with E-state index in [4.69, 9.17) is 9.47 Å². The average Bonchev–Trinajstić information content (AvgIpc) is 2.35. The SMILES string of the molecule is CCCNc1cc(C(F)(F)F)cc(OCCOC)n1. The van der Waals surface area contributed by atoms with Gasteiger partial charge in [0.1, 0.15) is 12.4 Å². The second-order valence-corrected chi connectivity index (χ2v) is 3.85. The fourth-order valence-electron chi connectivity index (χ4n) is 1.32. The number of halogens is 3. The molecule has 1 aromatic heterocycles. The van der Waals surface area contributed by atoms with Crippen molar-refractivity contribution in [2.45, 2.75) is 19.5 Å². The number of ether oxygens (including phenoxy) is 2. The summed E-state index contributed by atoms with van der Waals surface area (Å²) in [4.78, 5) is 3.97. The molecule has 0 saturated heterocycles. The zero-order chi connectivity index (χ0) is 14.3. The lowest BCUT2D eigenvalue weighted by Gasteiger charge is -2.13. The minimum Gasteiger partial charge on any atom is -0.475 e. The summed E-state index contributed by atoms with van der Waals surface area (Å²) < 4.78 is 48.1. The van der Waals surface area contributed by atoms with E-state index in [1.807, 2.05) is 6.92 Å². The first-order valence-corrected chi connectivity index (χ1v) is 5.92. The largest absolute Gasteiger partial charge is 0.475 e. The van der Waals surface area contributed by atoms with Gasteiger partial charge in [0.05, 0.1) is 12.2 Å². The van der Waals surface area contributed by atoms with E-state index in [1.54, 1.807) is 0 Å². The van der Waals surface area contributed by atoms with Gasteiger partial charge < -0.3 is 14.8 Å². The van der Waals surface area contributed by atoms with Gasteiger partial charge in [0.25, 0.3) is 0 Å². The number of alkyl halides is 3. The first-order chi connectivity index (χ1) is 8.97. The standard InChI is InChI=1S/C12H17F3N2O2/c1-3-4-16-10-7-9(12(13,14)15)8-11(17-10)19-6-5-18-2/h7-8H,3-6H2,1-2H3,(H,16,17). The number of anilines is 1. The molecular weight excluding hydrogens is 261 g/mol. The van der Waals surface area contributed by atoms with Crippen molar-refractivity contribution in [1.82, 2.24) is 4.98 Å². The van der Waals surface area contributed by atoms with Crippen molar-refractivity contribution in [2.75, 3.05) is 32.2 Å². The van der Waals surface area contributed by atoms with Gasteiger partial charge in [-0.1, -0.05) is 6.92 Å². The summed E-state index contributed by atoms with van der Waals surface area (Å²) in [7, 11) is 1.48. The normalized spacial score (nSPS) is 11.4. The van der Waals surface area contributed by atoms with Crippen LogP contribution in [0.25, 0.3) is 0 Å². The molecule has 0 unspecified atom stereocenters. The van der Waals surface area contributed by atoms with E-state index in [-0.39, 0.29) is 24.9 Å². The van der Waals surface area contributed by atoms with Crippen LogP contribution in [-0.4, -0.2) is 31.9 Å². The summed E-state index contributed by atoms with van der Waals surface area (Å²) >= 11 is 0. The van der Waals surface area contributed by atoms with Crippen molar-refractivity contribution in [3.63, 3.8) is 0 Å². The molecule has 4 nitrogen and oxygen atoms in total. The molecule has 0 saturated carbocycles. The van der Waals surface area contributed by atoms with Crippen LogP contribution in [0, 0.1) is 0 Å². The molecule has 19 heavy (non-hydrogen) atoms. The summed E-state index contributed by atoms with van der Waals surface area (Å²) in [6.07, 6.45) is -3.64. The molecule has 0 bridgehead atoms. The molecule has 1 aromatic rings.